The number of carbonyl (C=O) groups is 2. The first-order valence-electron chi connectivity index (χ1n) is 12.3. The molecule has 186 valence electrons. The lowest BCUT2D eigenvalue weighted by Crippen LogP contribution is -2.38. The fourth-order valence-electron chi connectivity index (χ4n) is 4.10. The molecule has 1 aromatic heterocycles. The maximum absolute atomic E-state index is 13.7. The fraction of sp³-hybridized carbons (Fsp3) is 0.429. The molecule has 0 fully saturated rings. The molecule has 3 aromatic rings. The van der Waals surface area contributed by atoms with Gasteiger partial charge in [0.15, 0.2) is 0 Å². The molecule has 0 aliphatic heterocycles. The van der Waals surface area contributed by atoms with Crippen LogP contribution < -0.4 is 5.56 Å². The summed E-state index contributed by atoms with van der Waals surface area (Å²) >= 11 is 0. The summed E-state index contributed by atoms with van der Waals surface area (Å²) in [6.45, 7) is 10.6. The summed E-state index contributed by atoms with van der Waals surface area (Å²) in [5.74, 6) is 0.320. The molecule has 7 heteroatoms. The van der Waals surface area contributed by atoms with Crippen LogP contribution in [0.5, 0.6) is 0 Å². The molecule has 0 bridgehead atoms. The van der Waals surface area contributed by atoms with Crippen molar-refractivity contribution in [3.05, 3.63) is 70.3 Å². The zero-order valence-corrected chi connectivity index (χ0v) is 21.3. The van der Waals surface area contributed by atoms with Gasteiger partial charge in [0, 0.05) is 13.0 Å². The van der Waals surface area contributed by atoms with Crippen LogP contribution in [-0.2, 0) is 14.3 Å². The normalized spacial score (nSPS) is 12.1. The lowest BCUT2D eigenvalue weighted by molar-refractivity contribution is -0.146. The number of nitrogens with zero attached hydrogens (tertiary/aromatic N) is 3. The van der Waals surface area contributed by atoms with Crippen LogP contribution in [0.1, 0.15) is 64.4 Å². The third-order valence-corrected chi connectivity index (χ3v) is 6.02. The van der Waals surface area contributed by atoms with Gasteiger partial charge in [-0.2, -0.15) is 0 Å². The van der Waals surface area contributed by atoms with Crippen molar-refractivity contribution in [3.63, 3.8) is 0 Å². The minimum atomic E-state index is -0.485. The highest BCUT2D eigenvalue weighted by atomic mass is 16.5. The van der Waals surface area contributed by atoms with Crippen LogP contribution in [0, 0.1) is 12.8 Å². The van der Waals surface area contributed by atoms with Crippen molar-refractivity contribution in [1.82, 2.24) is 14.5 Å². The molecule has 2 aromatic carbocycles. The molecule has 0 saturated heterocycles. The largest absolute Gasteiger partial charge is 0.466 e. The maximum atomic E-state index is 13.7. The van der Waals surface area contributed by atoms with E-state index in [2.05, 4.69) is 13.8 Å². The van der Waals surface area contributed by atoms with E-state index in [0.717, 1.165) is 12.0 Å². The Balaban J connectivity index is 2.10. The van der Waals surface area contributed by atoms with Crippen LogP contribution in [0.15, 0.2) is 53.3 Å². The highest BCUT2D eigenvalue weighted by Gasteiger charge is 2.27. The van der Waals surface area contributed by atoms with Crippen molar-refractivity contribution in [2.45, 2.75) is 59.9 Å². The fourth-order valence-corrected chi connectivity index (χ4v) is 4.10. The molecule has 0 saturated carbocycles. The second kappa shape index (κ2) is 11.8. The monoisotopic (exact) mass is 477 g/mol. The van der Waals surface area contributed by atoms with Crippen LogP contribution in [0.25, 0.3) is 16.6 Å². The minimum absolute atomic E-state index is 0.0212. The Hall–Kier alpha value is -3.48. The molecule has 1 heterocycles. The number of esters is 1. The van der Waals surface area contributed by atoms with Crippen molar-refractivity contribution >= 4 is 22.8 Å². The molecule has 0 aliphatic rings. The molecule has 0 aliphatic carbocycles. The predicted molar refractivity (Wildman–Crippen MR) is 138 cm³/mol. The number of para-hydroxylation sites is 1. The van der Waals surface area contributed by atoms with E-state index in [1.165, 1.54) is 0 Å². The van der Waals surface area contributed by atoms with Crippen molar-refractivity contribution in [2.24, 2.45) is 5.92 Å². The Morgan fingerprint density at radius 1 is 1.06 bits per heavy atom. The van der Waals surface area contributed by atoms with E-state index >= 15 is 0 Å². The molecule has 3 rings (SSSR count). The summed E-state index contributed by atoms with van der Waals surface area (Å²) in [6, 6.07) is 14.5. The van der Waals surface area contributed by atoms with Gasteiger partial charge in [-0.25, -0.2) is 4.98 Å². The second-order valence-corrected chi connectivity index (χ2v) is 9.22. The van der Waals surface area contributed by atoms with Gasteiger partial charge in [-0.3, -0.25) is 19.0 Å². The van der Waals surface area contributed by atoms with E-state index in [4.69, 9.17) is 9.72 Å². The summed E-state index contributed by atoms with van der Waals surface area (Å²) in [5, 5.41) is 0.521. The van der Waals surface area contributed by atoms with E-state index in [0.29, 0.717) is 34.9 Å². The van der Waals surface area contributed by atoms with E-state index in [-0.39, 0.29) is 30.9 Å². The van der Waals surface area contributed by atoms with E-state index in [1.807, 2.05) is 56.3 Å². The summed E-state index contributed by atoms with van der Waals surface area (Å²) in [6.07, 6.45) is 0.856. The number of ether oxygens (including phenoxy) is 1. The number of hydrogen-bond donors (Lipinski definition) is 0. The quantitative estimate of drug-likeness (QED) is 0.385. The Morgan fingerprint density at radius 2 is 1.80 bits per heavy atom. The molecule has 1 amide bonds. The lowest BCUT2D eigenvalue weighted by Gasteiger charge is -2.31. The van der Waals surface area contributed by atoms with Crippen LogP contribution in [0.4, 0.5) is 0 Å². The lowest BCUT2D eigenvalue weighted by atomic mass is 10.1. The number of hydrogen-bond acceptors (Lipinski definition) is 5. The molecule has 0 N–H and O–H groups in total. The number of fused-ring (bicyclic) bond motifs is 1. The van der Waals surface area contributed by atoms with E-state index in [9.17, 15) is 14.4 Å². The zero-order chi connectivity index (χ0) is 25.5. The van der Waals surface area contributed by atoms with Gasteiger partial charge in [-0.1, -0.05) is 38.1 Å². The second-order valence-electron chi connectivity index (χ2n) is 9.22. The standard InChI is InChI=1S/C28H35N3O4/c1-6-35-26(33)15-14-25(32)30(17-16-19(2)3)21(5)27-29-24-13-8-7-12-23(24)28(34)31(27)22-11-9-10-20(4)18-22/h7-13,18-19,21H,6,14-17H2,1-5H3. The first kappa shape index (κ1) is 26.1. The van der Waals surface area contributed by atoms with Gasteiger partial charge in [0.2, 0.25) is 5.91 Å². The Kier molecular flexibility index (Phi) is 8.79. The molecule has 0 spiro atoms. The van der Waals surface area contributed by atoms with Crippen molar-refractivity contribution in [2.75, 3.05) is 13.2 Å². The van der Waals surface area contributed by atoms with Crippen LogP contribution in [-0.4, -0.2) is 39.5 Å². The SMILES string of the molecule is CCOC(=O)CCC(=O)N(CCC(C)C)C(C)c1nc2ccccc2c(=O)n1-c1cccc(C)c1. The zero-order valence-electron chi connectivity index (χ0n) is 21.3. The van der Waals surface area contributed by atoms with Crippen LogP contribution >= 0.6 is 0 Å². The number of amides is 1. The number of benzene rings is 2. The molecular formula is C28H35N3O4. The topological polar surface area (TPSA) is 81.5 Å². The van der Waals surface area contributed by atoms with Crippen LogP contribution in [0.2, 0.25) is 0 Å². The number of aromatic nitrogens is 2. The van der Waals surface area contributed by atoms with E-state index in [1.54, 1.807) is 22.5 Å². The van der Waals surface area contributed by atoms with Gasteiger partial charge >= 0.3 is 5.97 Å². The highest BCUT2D eigenvalue weighted by molar-refractivity contribution is 5.82. The van der Waals surface area contributed by atoms with Gasteiger partial charge in [-0.05, 0) is 62.9 Å². The van der Waals surface area contributed by atoms with Gasteiger partial charge < -0.3 is 9.64 Å². The summed E-state index contributed by atoms with van der Waals surface area (Å²) in [4.78, 5) is 45.5. The molecular weight excluding hydrogens is 442 g/mol. The number of aryl methyl sites for hydroxylation is 1. The van der Waals surface area contributed by atoms with Gasteiger partial charge in [0.05, 0.1) is 35.7 Å². The third kappa shape index (κ3) is 6.35. The first-order chi connectivity index (χ1) is 16.7. The molecule has 35 heavy (non-hydrogen) atoms. The summed E-state index contributed by atoms with van der Waals surface area (Å²) in [5.41, 5.74) is 2.14. The minimum Gasteiger partial charge on any atom is -0.466 e. The van der Waals surface area contributed by atoms with Gasteiger partial charge in [-0.15, -0.1) is 0 Å². The van der Waals surface area contributed by atoms with Crippen molar-refractivity contribution in [1.29, 1.82) is 0 Å². The Labute approximate surface area is 206 Å². The van der Waals surface area contributed by atoms with Gasteiger partial charge in [0.1, 0.15) is 5.82 Å². The molecule has 0 radical (unpaired) electrons. The summed E-state index contributed by atoms with van der Waals surface area (Å²) < 4.78 is 6.61. The predicted octanol–water partition coefficient (Wildman–Crippen LogP) is 4.97. The van der Waals surface area contributed by atoms with Gasteiger partial charge in [0.25, 0.3) is 5.56 Å². The Bertz CT molecular complexity index is 1250. The van der Waals surface area contributed by atoms with Crippen molar-refractivity contribution in [3.8, 4) is 5.69 Å². The molecule has 1 atom stereocenters. The number of rotatable bonds is 10. The third-order valence-electron chi connectivity index (χ3n) is 6.02. The van der Waals surface area contributed by atoms with E-state index < -0.39 is 12.0 Å². The van der Waals surface area contributed by atoms with Crippen molar-refractivity contribution < 1.29 is 14.3 Å². The first-order valence-corrected chi connectivity index (χ1v) is 12.3. The summed E-state index contributed by atoms with van der Waals surface area (Å²) in [7, 11) is 0. The molecule has 1 unspecified atom stereocenters. The maximum Gasteiger partial charge on any atom is 0.306 e. The highest BCUT2D eigenvalue weighted by Crippen LogP contribution is 2.25. The smallest absolute Gasteiger partial charge is 0.306 e. The number of carbonyl (C=O) groups excluding carboxylic acids is 2. The molecule has 7 nitrogen and oxygen atoms in total. The van der Waals surface area contributed by atoms with Crippen LogP contribution in [0.3, 0.4) is 0 Å². The Morgan fingerprint density at radius 3 is 2.49 bits per heavy atom. The average molecular weight is 478 g/mol. The average Bonchev–Trinajstić information content (AvgIpc) is 2.82.